The van der Waals surface area contributed by atoms with E-state index in [2.05, 4.69) is 0 Å². The molecule has 1 N–H and O–H groups in total. The molecule has 2 heterocycles. The van der Waals surface area contributed by atoms with Gasteiger partial charge in [-0.1, -0.05) is 6.07 Å². The van der Waals surface area contributed by atoms with Crippen LogP contribution in [-0.2, 0) is 11.2 Å². The summed E-state index contributed by atoms with van der Waals surface area (Å²) in [6.45, 7) is 7.33. The van der Waals surface area contributed by atoms with Crippen LogP contribution >= 0.6 is 0 Å². The smallest absolute Gasteiger partial charge is 0.410 e. The lowest BCUT2D eigenvalue weighted by Crippen LogP contribution is -2.49. The molecule has 0 aromatic heterocycles. The molecular formula is C19H25NO5. The number of fused-ring (bicyclic) bond motifs is 1. The molecule has 0 aliphatic carbocycles. The van der Waals surface area contributed by atoms with Crippen LogP contribution in [0.4, 0.5) is 4.79 Å². The zero-order chi connectivity index (χ0) is 18.2. The Balaban J connectivity index is 1.71. The van der Waals surface area contributed by atoms with Crippen LogP contribution in [0.1, 0.15) is 49.5 Å². The number of amides is 1. The quantitative estimate of drug-likeness (QED) is 0.843. The molecule has 1 spiro atoms. The van der Waals surface area contributed by atoms with Crippen molar-refractivity contribution in [2.75, 3.05) is 19.7 Å². The van der Waals surface area contributed by atoms with Gasteiger partial charge in [0, 0.05) is 24.1 Å². The average molecular weight is 347 g/mol. The Morgan fingerprint density at radius 3 is 2.52 bits per heavy atom. The zero-order valence-electron chi connectivity index (χ0n) is 15.0. The van der Waals surface area contributed by atoms with Crippen LogP contribution in [0.5, 0.6) is 5.75 Å². The summed E-state index contributed by atoms with van der Waals surface area (Å²) in [5.74, 6) is -0.260. The lowest BCUT2D eigenvalue weighted by atomic mass is 9.72. The van der Waals surface area contributed by atoms with E-state index in [1.807, 2.05) is 26.8 Å². The summed E-state index contributed by atoms with van der Waals surface area (Å²) in [6.07, 6.45) is 1.94. The van der Waals surface area contributed by atoms with Crippen molar-refractivity contribution >= 4 is 12.1 Å². The first-order valence-electron chi connectivity index (χ1n) is 8.65. The fourth-order valence-electron chi connectivity index (χ4n) is 3.55. The maximum absolute atomic E-state index is 12.2. The van der Waals surface area contributed by atoms with E-state index in [4.69, 9.17) is 9.47 Å². The highest BCUT2D eigenvalue weighted by molar-refractivity contribution is 5.90. The van der Waals surface area contributed by atoms with Crippen molar-refractivity contribution in [1.82, 2.24) is 4.90 Å². The highest BCUT2D eigenvalue weighted by Crippen LogP contribution is 2.43. The van der Waals surface area contributed by atoms with E-state index in [0.29, 0.717) is 37.4 Å². The Morgan fingerprint density at radius 1 is 1.24 bits per heavy atom. The van der Waals surface area contributed by atoms with Crippen molar-refractivity contribution in [3.8, 4) is 5.75 Å². The average Bonchev–Trinajstić information content (AvgIpc) is 2.53. The fraction of sp³-hybridized carbons (Fsp3) is 0.579. The second-order valence-corrected chi connectivity index (χ2v) is 8.02. The summed E-state index contributed by atoms with van der Waals surface area (Å²) in [4.78, 5) is 25.4. The number of carbonyl (C=O) groups excluding carboxylic acids is 1. The highest BCUT2D eigenvalue weighted by Gasteiger charge is 2.41. The van der Waals surface area contributed by atoms with Crippen LogP contribution in [0.3, 0.4) is 0 Å². The minimum Gasteiger partial charge on any atom is -0.493 e. The van der Waals surface area contributed by atoms with Gasteiger partial charge < -0.3 is 19.5 Å². The molecule has 1 fully saturated rings. The summed E-state index contributed by atoms with van der Waals surface area (Å²) in [7, 11) is 0. The Labute approximate surface area is 147 Å². The number of carboxylic acid groups (broad SMARTS) is 1. The van der Waals surface area contributed by atoms with Gasteiger partial charge in [-0.25, -0.2) is 9.59 Å². The molecule has 1 saturated heterocycles. The van der Waals surface area contributed by atoms with Gasteiger partial charge in [0.1, 0.15) is 11.4 Å². The maximum atomic E-state index is 12.2. The molecule has 0 saturated carbocycles. The first-order valence-corrected chi connectivity index (χ1v) is 8.65. The minimum atomic E-state index is -0.927. The van der Waals surface area contributed by atoms with Gasteiger partial charge in [-0.15, -0.1) is 0 Å². The molecule has 0 radical (unpaired) electrons. The van der Waals surface area contributed by atoms with E-state index in [1.165, 1.54) is 0 Å². The van der Waals surface area contributed by atoms with Gasteiger partial charge >= 0.3 is 12.1 Å². The third-order valence-electron chi connectivity index (χ3n) is 4.92. The third kappa shape index (κ3) is 3.72. The number of nitrogens with zero attached hydrogens (tertiary/aromatic N) is 1. The van der Waals surface area contributed by atoms with Gasteiger partial charge in [0.25, 0.3) is 0 Å². The van der Waals surface area contributed by atoms with Gasteiger partial charge in [-0.3, -0.25) is 0 Å². The molecule has 1 aromatic rings. The molecule has 136 valence electrons. The molecule has 2 aliphatic heterocycles. The summed E-state index contributed by atoms with van der Waals surface area (Å²) < 4.78 is 11.3. The number of benzene rings is 1. The van der Waals surface area contributed by atoms with Crippen molar-refractivity contribution in [3.63, 3.8) is 0 Å². The number of likely N-dealkylation sites (tertiary alicyclic amines) is 1. The van der Waals surface area contributed by atoms with Gasteiger partial charge in [0.05, 0.1) is 12.2 Å². The Bertz CT molecular complexity index is 684. The number of hydrogen-bond acceptors (Lipinski definition) is 4. The molecule has 2 aliphatic rings. The van der Waals surface area contributed by atoms with Crippen LogP contribution < -0.4 is 4.74 Å². The van der Waals surface area contributed by atoms with Gasteiger partial charge in [-0.2, -0.15) is 0 Å². The second kappa shape index (κ2) is 6.24. The standard InChI is InChI=1S/C19H25NO5/c1-18(2,3)25-17(23)20-9-7-19(8-10-20)11-14-13(16(21)22)5-4-6-15(14)24-12-19/h4-6H,7-12H2,1-3H3,(H,21,22). The summed E-state index contributed by atoms with van der Waals surface area (Å²) in [5.41, 5.74) is 0.463. The maximum Gasteiger partial charge on any atom is 0.410 e. The molecule has 1 amide bonds. The number of rotatable bonds is 1. The van der Waals surface area contributed by atoms with Crippen LogP contribution in [0.2, 0.25) is 0 Å². The van der Waals surface area contributed by atoms with E-state index < -0.39 is 11.6 Å². The van der Waals surface area contributed by atoms with E-state index >= 15 is 0 Å². The minimum absolute atomic E-state index is 0.114. The summed E-state index contributed by atoms with van der Waals surface area (Å²) in [6, 6.07) is 5.16. The first kappa shape index (κ1) is 17.6. The van der Waals surface area contributed by atoms with Crippen molar-refractivity contribution in [3.05, 3.63) is 29.3 Å². The lowest BCUT2D eigenvalue weighted by molar-refractivity contribution is -0.00107. The Hall–Kier alpha value is -2.24. The number of hydrogen-bond donors (Lipinski definition) is 1. The molecule has 0 unspecified atom stereocenters. The summed E-state index contributed by atoms with van der Waals surface area (Å²) >= 11 is 0. The third-order valence-corrected chi connectivity index (χ3v) is 4.92. The molecule has 0 bridgehead atoms. The fourth-order valence-corrected chi connectivity index (χ4v) is 3.55. The lowest BCUT2D eigenvalue weighted by Gasteiger charge is -2.44. The van der Waals surface area contributed by atoms with Crippen molar-refractivity contribution in [2.24, 2.45) is 5.41 Å². The van der Waals surface area contributed by atoms with E-state index in [-0.39, 0.29) is 11.5 Å². The molecule has 25 heavy (non-hydrogen) atoms. The monoisotopic (exact) mass is 347 g/mol. The molecule has 3 rings (SSSR count). The number of carbonyl (C=O) groups is 2. The summed E-state index contributed by atoms with van der Waals surface area (Å²) in [5, 5.41) is 9.43. The highest BCUT2D eigenvalue weighted by atomic mass is 16.6. The van der Waals surface area contributed by atoms with Crippen LogP contribution in [0.25, 0.3) is 0 Å². The largest absolute Gasteiger partial charge is 0.493 e. The van der Waals surface area contributed by atoms with Crippen molar-refractivity contribution in [2.45, 2.75) is 45.6 Å². The Kier molecular flexibility index (Phi) is 4.39. The first-order chi connectivity index (χ1) is 11.7. The van der Waals surface area contributed by atoms with Crippen LogP contribution in [0, 0.1) is 5.41 Å². The Morgan fingerprint density at radius 2 is 1.92 bits per heavy atom. The number of carboxylic acids is 1. The topological polar surface area (TPSA) is 76.1 Å². The van der Waals surface area contributed by atoms with E-state index in [1.54, 1.807) is 17.0 Å². The normalized spacial score (nSPS) is 19.1. The molecule has 6 heteroatoms. The molecule has 6 nitrogen and oxygen atoms in total. The van der Waals surface area contributed by atoms with Crippen molar-refractivity contribution < 1.29 is 24.2 Å². The number of aromatic carboxylic acids is 1. The van der Waals surface area contributed by atoms with Crippen molar-refractivity contribution in [1.29, 1.82) is 0 Å². The van der Waals surface area contributed by atoms with Crippen LogP contribution in [0.15, 0.2) is 18.2 Å². The molecule has 0 atom stereocenters. The predicted molar refractivity (Wildman–Crippen MR) is 92.1 cm³/mol. The van der Waals surface area contributed by atoms with Crippen LogP contribution in [-0.4, -0.2) is 47.4 Å². The number of piperidine rings is 1. The second-order valence-electron chi connectivity index (χ2n) is 8.02. The van der Waals surface area contributed by atoms with Gasteiger partial charge in [-0.05, 0) is 52.2 Å². The SMILES string of the molecule is CC(C)(C)OC(=O)N1CCC2(CC1)COc1cccc(C(=O)O)c1C2. The van der Waals surface area contributed by atoms with Gasteiger partial charge in [0.2, 0.25) is 0 Å². The van der Waals surface area contributed by atoms with E-state index in [9.17, 15) is 14.7 Å². The molecular weight excluding hydrogens is 322 g/mol. The molecule has 1 aromatic carbocycles. The zero-order valence-corrected chi connectivity index (χ0v) is 15.0. The van der Waals surface area contributed by atoms with Gasteiger partial charge in [0.15, 0.2) is 0 Å². The number of ether oxygens (including phenoxy) is 2. The van der Waals surface area contributed by atoms with E-state index in [0.717, 1.165) is 18.4 Å². The predicted octanol–water partition coefficient (Wildman–Crippen LogP) is 3.34.